The highest BCUT2D eigenvalue weighted by Crippen LogP contribution is 2.12. The number of anilines is 2. The van der Waals surface area contributed by atoms with Crippen LogP contribution in [0.3, 0.4) is 0 Å². The van der Waals surface area contributed by atoms with Crippen LogP contribution in [-0.4, -0.2) is 55.9 Å². The van der Waals surface area contributed by atoms with Gasteiger partial charge in [-0.05, 0) is 6.92 Å². The maximum Gasteiger partial charge on any atom is 0.322 e. The third kappa shape index (κ3) is 4.03. The van der Waals surface area contributed by atoms with Gasteiger partial charge < -0.3 is 19.7 Å². The summed E-state index contributed by atoms with van der Waals surface area (Å²) in [6.07, 6.45) is 0. The lowest BCUT2D eigenvalue weighted by molar-refractivity contribution is 0.154. The first-order valence-electron chi connectivity index (χ1n) is 5.48. The molecule has 7 nitrogen and oxygen atoms in total. The molecule has 0 saturated heterocycles. The highest BCUT2D eigenvalue weighted by molar-refractivity contribution is 5.37. The third-order valence-corrected chi connectivity index (χ3v) is 2.13. The Labute approximate surface area is 101 Å². The van der Waals surface area contributed by atoms with Crippen LogP contribution in [0.15, 0.2) is 0 Å². The monoisotopic (exact) mass is 241 g/mol. The Morgan fingerprint density at radius 3 is 2.65 bits per heavy atom. The van der Waals surface area contributed by atoms with E-state index in [9.17, 15) is 0 Å². The van der Waals surface area contributed by atoms with Crippen molar-refractivity contribution in [3.63, 3.8) is 0 Å². The van der Waals surface area contributed by atoms with E-state index in [1.807, 2.05) is 18.9 Å². The van der Waals surface area contributed by atoms with Gasteiger partial charge in [0.25, 0.3) is 0 Å². The smallest absolute Gasteiger partial charge is 0.322 e. The van der Waals surface area contributed by atoms with Crippen molar-refractivity contribution in [3.05, 3.63) is 0 Å². The average molecular weight is 241 g/mol. The molecule has 0 aliphatic rings. The molecule has 0 atom stereocenters. The number of hydrogen-bond acceptors (Lipinski definition) is 7. The molecular weight excluding hydrogens is 222 g/mol. The lowest BCUT2D eigenvalue weighted by Gasteiger charge is -2.17. The summed E-state index contributed by atoms with van der Waals surface area (Å²) < 4.78 is 10.3. The molecule has 0 aliphatic carbocycles. The summed E-state index contributed by atoms with van der Waals surface area (Å²) in [5, 5.41) is 2.86. The van der Waals surface area contributed by atoms with Gasteiger partial charge in [-0.3, -0.25) is 0 Å². The van der Waals surface area contributed by atoms with Gasteiger partial charge in [0.2, 0.25) is 11.9 Å². The maximum absolute atomic E-state index is 5.28. The molecule has 0 amide bonds. The minimum atomic E-state index is 0.294. The van der Waals surface area contributed by atoms with Gasteiger partial charge in [-0.15, -0.1) is 0 Å². The van der Waals surface area contributed by atoms with Crippen molar-refractivity contribution in [3.8, 4) is 6.01 Å². The molecular formula is C10H19N5O2. The average Bonchev–Trinajstić information content (AvgIpc) is 2.38. The second kappa shape index (κ2) is 6.85. The first kappa shape index (κ1) is 13.4. The molecule has 96 valence electrons. The second-order valence-corrected chi connectivity index (χ2v) is 3.31. The van der Waals surface area contributed by atoms with E-state index in [-0.39, 0.29) is 0 Å². The van der Waals surface area contributed by atoms with Crippen LogP contribution in [0.2, 0.25) is 0 Å². The number of methoxy groups -OCH3 is 1. The molecule has 7 heteroatoms. The molecule has 0 saturated carbocycles. The van der Waals surface area contributed by atoms with Crippen molar-refractivity contribution >= 4 is 11.9 Å². The number of hydrogen-bond donors (Lipinski definition) is 1. The van der Waals surface area contributed by atoms with Crippen LogP contribution in [0.25, 0.3) is 0 Å². The molecule has 1 N–H and O–H groups in total. The van der Waals surface area contributed by atoms with Crippen molar-refractivity contribution in [2.45, 2.75) is 6.92 Å². The lowest BCUT2D eigenvalue weighted by atomic mass is 10.6. The van der Waals surface area contributed by atoms with E-state index in [0.29, 0.717) is 37.7 Å². The second-order valence-electron chi connectivity index (χ2n) is 3.31. The summed E-state index contributed by atoms with van der Waals surface area (Å²) >= 11 is 0. The summed E-state index contributed by atoms with van der Waals surface area (Å²) in [6.45, 7) is 4.02. The molecule has 0 unspecified atom stereocenters. The fourth-order valence-electron chi connectivity index (χ4n) is 1.17. The fraction of sp³-hybridized carbons (Fsp3) is 0.700. The Morgan fingerprint density at radius 2 is 2.06 bits per heavy atom. The van der Waals surface area contributed by atoms with Crippen LogP contribution >= 0.6 is 0 Å². The van der Waals surface area contributed by atoms with E-state index in [4.69, 9.17) is 9.47 Å². The number of aromatic nitrogens is 3. The molecule has 1 aromatic rings. The van der Waals surface area contributed by atoms with Gasteiger partial charge >= 0.3 is 6.01 Å². The topological polar surface area (TPSA) is 72.4 Å². The van der Waals surface area contributed by atoms with Crippen molar-refractivity contribution in [1.29, 1.82) is 0 Å². The number of nitrogens with zero attached hydrogens (tertiary/aromatic N) is 4. The Kier molecular flexibility index (Phi) is 5.41. The molecule has 0 aliphatic heterocycles. The van der Waals surface area contributed by atoms with Gasteiger partial charge in [-0.25, -0.2) is 0 Å². The highest BCUT2D eigenvalue weighted by atomic mass is 16.5. The van der Waals surface area contributed by atoms with Crippen LogP contribution < -0.4 is 15.0 Å². The van der Waals surface area contributed by atoms with Gasteiger partial charge in [-0.1, -0.05) is 0 Å². The standard InChI is InChI=1S/C10H19N5O2/c1-5-17-7-6-15(3)9-12-8(11-2)13-10(14-9)16-4/h5-7H2,1-4H3,(H,11,12,13,14). The quantitative estimate of drug-likeness (QED) is 0.692. The lowest BCUT2D eigenvalue weighted by Crippen LogP contribution is -2.25. The summed E-state index contributed by atoms with van der Waals surface area (Å²) in [6, 6.07) is 0.294. The van der Waals surface area contributed by atoms with E-state index < -0.39 is 0 Å². The minimum Gasteiger partial charge on any atom is -0.467 e. The zero-order chi connectivity index (χ0) is 12.7. The summed E-state index contributed by atoms with van der Waals surface area (Å²) in [5.41, 5.74) is 0. The zero-order valence-corrected chi connectivity index (χ0v) is 10.7. The first-order chi connectivity index (χ1) is 8.21. The van der Waals surface area contributed by atoms with Gasteiger partial charge in [0, 0.05) is 27.2 Å². The van der Waals surface area contributed by atoms with E-state index in [1.54, 1.807) is 7.05 Å². The van der Waals surface area contributed by atoms with Crippen molar-refractivity contribution in [2.75, 3.05) is 51.2 Å². The van der Waals surface area contributed by atoms with E-state index >= 15 is 0 Å². The normalized spacial score (nSPS) is 10.1. The molecule has 0 bridgehead atoms. The van der Waals surface area contributed by atoms with Crippen LogP contribution in [0.4, 0.5) is 11.9 Å². The Morgan fingerprint density at radius 1 is 1.29 bits per heavy atom. The molecule has 1 heterocycles. The van der Waals surface area contributed by atoms with E-state index in [1.165, 1.54) is 7.11 Å². The van der Waals surface area contributed by atoms with Crippen LogP contribution in [0, 0.1) is 0 Å². The fourth-order valence-corrected chi connectivity index (χ4v) is 1.17. The van der Waals surface area contributed by atoms with E-state index in [2.05, 4.69) is 20.3 Å². The number of ether oxygens (including phenoxy) is 2. The third-order valence-electron chi connectivity index (χ3n) is 2.13. The number of rotatable bonds is 7. The van der Waals surface area contributed by atoms with Crippen molar-refractivity contribution < 1.29 is 9.47 Å². The van der Waals surface area contributed by atoms with Crippen LogP contribution in [0.5, 0.6) is 6.01 Å². The molecule has 17 heavy (non-hydrogen) atoms. The SMILES string of the molecule is CCOCCN(C)c1nc(NC)nc(OC)n1. The van der Waals surface area contributed by atoms with Crippen LogP contribution in [-0.2, 0) is 4.74 Å². The Bertz CT molecular complexity index is 325. The molecule has 0 spiro atoms. The van der Waals surface area contributed by atoms with Gasteiger partial charge in [0.05, 0.1) is 13.7 Å². The number of likely N-dealkylation sites (N-methyl/N-ethyl adjacent to an activating group) is 1. The highest BCUT2D eigenvalue weighted by Gasteiger charge is 2.09. The molecule has 1 rings (SSSR count). The summed E-state index contributed by atoms with van der Waals surface area (Å²) in [5.74, 6) is 1.04. The summed E-state index contributed by atoms with van der Waals surface area (Å²) in [7, 11) is 5.17. The van der Waals surface area contributed by atoms with Gasteiger partial charge in [-0.2, -0.15) is 15.0 Å². The molecule has 0 aromatic carbocycles. The van der Waals surface area contributed by atoms with Crippen molar-refractivity contribution in [2.24, 2.45) is 0 Å². The van der Waals surface area contributed by atoms with Crippen LogP contribution in [0.1, 0.15) is 6.92 Å². The molecule has 0 radical (unpaired) electrons. The largest absolute Gasteiger partial charge is 0.467 e. The van der Waals surface area contributed by atoms with Crippen molar-refractivity contribution in [1.82, 2.24) is 15.0 Å². The Hall–Kier alpha value is -1.63. The minimum absolute atomic E-state index is 0.294. The van der Waals surface area contributed by atoms with Gasteiger partial charge in [0.15, 0.2) is 0 Å². The number of nitrogens with one attached hydrogen (secondary N) is 1. The zero-order valence-electron chi connectivity index (χ0n) is 10.7. The Balaban J connectivity index is 2.73. The molecule has 0 fully saturated rings. The first-order valence-corrected chi connectivity index (χ1v) is 5.48. The molecule has 1 aromatic heterocycles. The predicted molar refractivity (Wildman–Crippen MR) is 65.7 cm³/mol. The van der Waals surface area contributed by atoms with Gasteiger partial charge in [0.1, 0.15) is 0 Å². The predicted octanol–water partition coefficient (Wildman–Crippen LogP) is 0.395. The van der Waals surface area contributed by atoms with E-state index in [0.717, 1.165) is 0 Å². The maximum atomic E-state index is 5.28. The summed E-state index contributed by atoms with van der Waals surface area (Å²) in [4.78, 5) is 14.3.